The van der Waals surface area contributed by atoms with Crippen LogP contribution in [0.4, 0.5) is 4.39 Å². The molecule has 0 saturated carbocycles. The first-order valence-electron chi connectivity index (χ1n) is 8.80. The van der Waals surface area contributed by atoms with Crippen LogP contribution in [0.5, 0.6) is 0 Å². The van der Waals surface area contributed by atoms with E-state index in [1.807, 2.05) is 18.2 Å². The normalized spacial score (nSPS) is 17.8. The molecule has 4 heteroatoms. The van der Waals surface area contributed by atoms with Gasteiger partial charge in [-0.1, -0.05) is 35.9 Å². The minimum absolute atomic E-state index is 0.176. The van der Waals surface area contributed by atoms with Crippen molar-refractivity contribution >= 4 is 22.5 Å². The fourth-order valence-corrected chi connectivity index (χ4v) is 4.33. The largest absolute Gasteiger partial charge is 0.343 e. The minimum atomic E-state index is -0.176. The molecule has 130 valence electrons. The molecule has 25 heavy (non-hydrogen) atoms. The second kappa shape index (κ2) is 6.47. The molecule has 1 aliphatic rings. The highest BCUT2D eigenvalue weighted by molar-refractivity contribution is 6.35. The third-order valence-electron chi connectivity index (χ3n) is 5.48. The first kappa shape index (κ1) is 16.6. The number of aryl methyl sites for hydroxylation is 2. The Balaban J connectivity index is 1.80. The molecule has 2 nitrogen and oxygen atoms in total. The van der Waals surface area contributed by atoms with Crippen molar-refractivity contribution in [2.24, 2.45) is 0 Å². The summed E-state index contributed by atoms with van der Waals surface area (Å²) in [5, 5.41) is 2.04. The number of para-hydroxylation sites is 1. The minimum Gasteiger partial charge on any atom is -0.343 e. The van der Waals surface area contributed by atoms with E-state index in [0.29, 0.717) is 6.04 Å². The number of fused-ring (bicyclic) bond motifs is 3. The Labute approximate surface area is 152 Å². The smallest absolute Gasteiger partial charge is 0.123 e. The third kappa shape index (κ3) is 2.86. The summed E-state index contributed by atoms with van der Waals surface area (Å²) in [7, 11) is 2.17. The molecular formula is C21H22ClFN2. The van der Waals surface area contributed by atoms with Crippen molar-refractivity contribution in [2.45, 2.75) is 32.4 Å². The van der Waals surface area contributed by atoms with Crippen LogP contribution in [0.25, 0.3) is 10.9 Å². The van der Waals surface area contributed by atoms with E-state index < -0.39 is 0 Å². The molecule has 3 aromatic rings. The maximum Gasteiger partial charge on any atom is 0.123 e. The van der Waals surface area contributed by atoms with Crippen LogP contribution in [-0.2, 0) is 19.4 Å². The molecule has 0 aliphatic carbocycles. The standard InChI is InChI=1S/C21H22ClFN2/c1-14-20-17-7-4-8-18(22)21(17)25(19(20)10-11-24(14)2)12-9-15-5-3-6-16(23)13-15/h3-8,13-14H,9-12H2,1-2H3. The average Bonchev–Trinajstić information content (AvgIpc) is 2.92. The molecule has 1 unspecified atom stereocenters. The molecule has 0 spiro atoms. The maximum atomic E-state index is 13.5. The van der Waals surface area contributed by atoms with Crippen LogP contribution < -0.4 is 0 Å². The van der Waals surface area contributed by atoms with Gasteiger partial charge in [-0.05, 0) is 49.7 Å². The van der Waals surface area contributed by atoms with Crippen molar-refractivity contribution < 1.29 is 4.39 Å². The van der Waals surface area contributed by atoms with E-state index in [4.69, 9.17) is 11.6 Å². The second-order valence-corrected chi connectivity index (χ2v) is 7.34. The van der Waals surface area contributed by atoms with Crippen LogP contribution in [0.3, 0.4) is 0 Å². The van der Waals surface area contributed by atoms with Crippen molar-refractivity contribution in [3.63, 3.8) is 0 Å². The molecule has 1 aromatic heterocycles. The summed E-state index contributed by atoms with van der Waals surface area (Å²) >= 11 is 6.58. The van der Waals surface area contributed by atoms with E-state index in [1.54, 1.807) is 12.1 Å². The van der Waals surface area contributed by atoms with Gasteiger partial charge in [0.1, 0.15) is 5.82 Å². The molecule has 0 amide bonds. The Morgan fingerprint density at radius 3 is 2.80 bits per heavy atom. The number of benzene rings is 2. The zero-order valence-corrected chi connectivity index (χ0v) is 15.4. The Bertz CT molecular complexity index is 931. The van der Waals surface area contributed by atoms with E-state index in [1.165, 1.54) is 22.7 Å². The van der Waals surface area contributed by atoms with Gasteiger partial charge in [-0.15, -0.1) is 0 Å². The van der Waals surface area contributed by atoms with Gasteiger partial charge in [-0.2, -0.15) is 0 Å². The number of halogens is 2. The molecule has 0 radical (unpaired) electrons. The van der Waals surface area contributed by atoms with E-state index in [-0.39, 0.29) is 5.82 Å². The molecule has 1 aliphatic heterocycles. The summed E-state index contributed by atoms with van der Waals surface area (Å²) in [5.41, 5.74) is 4.91. The van der Waals surface area contributed by atoms with Crippen molar-refractivity contribution in [3.8, 4) is 0 Å². The summed E-state index contributed by atoms with van der Waals surface area (Å²) in [6.07, 6.45) is 1.81. The number of likely N-dealkylation sites (N-methyl/N-ethyl adjacent to an activating group) is 1. The van der Waals surface area contributed by atoms with Crippen molar-refractivity contribution in [2.75, 3.05) is 13.6 Å². The highest BCUT2D eigenvalue weighted by atomic mass is 35.5. The lowest BCUT2D eigenvalue weighted by Gasteiger charge is -2.31. The average molecular weight is 357 g/mol. The molecule has 4 rings (SSSR count). The van der Waals surface area contributed by atoms with Gasteiger partial charge >= 0.3 is 0 Å². The molecule has 0 bridgehead atoms. The third-order valence-corrected chi connectivity index (χ3v) is 5.78. The summed E-state index contributed by atoms with van der Waals surface area (Å²) in [5.74, 6) is -0.176. The first-order valence-corrected chi connectivity index (χ1v) is 9.18. The van der Waals surface area contributed by atoms with Crippen molar-refractivity contribution in [1.29, 1.82) is 0 Å². The second-order valence-electron chi connectivity index (χ2n) is 6.93. The monoisotopic (exact) mass is 356 g/mol. The molecule has 0 saturated heterocycles. The topological polar surface area (TPSA) is 8.17 Å². The Morgan fingerprint density at radius 1 is 1.20 bits per heavy atom. The van der Waals surface area contributed by atoms with Gasteiger partial charge in [-0.25, -0.2) is 4.39 Å². The predicted molar refractivity (Wildman–Crippen MR) is 102 cm³/mol. The number of hydrogen-bond acceptors (Lipinski definition) is 1. The van der Waals surface area contributed by atoms with Gasteiger partial charge in [0.05, 0.1) is 10.5 Å². The van der Waals surface area contributed by atoms with Crippen molar-refractivity contribution in [1.82, 2.24) is 9.47 Å². The zero-order chi connectivity index (χ0) is 17.6. The molecule has 1 atom stereocenters. The Hall–Kier alpha value is -1.84. The van der Waals surface area contributed by atoms with Gasteiger partial charge < -0.3 is 4.57 Å². The van der Waals surface area contributed by atoms with E-state index in [9.17, 15) is 4.39 Å². The van der Waals surface area contributed by atoms with Crippen LogP contribution in [0, 0.1) is 5.82 Å². The Morgan fingerprint density at radius 2 is 2.00 bits per heavy atom. The van der Waals surface area contributed by atoms with Crippen LogP contribution in [0.1, 0.15) is 29.8 Å². The van der Waals surface area contributed by atoms with Gasteiger partial charge in [0.2, 0.25) is 0 Å². The van der Waals surface area contributed by atoms with Crippen LogP contribution >= 0.6 is 11.6 Å². The first-order chi connectivity index (χ1) is 12.1. The van der Waals surface area contributed by atoms with Crippen LogP contribution in [0.15, 0.2) is 42.5 Å². The predicted octanol–water partition coefficient (Wildman–Crippen LogP) is 5.23. The number of aromatic nitrogens is 1. The van der Waals surface area contributed by atoms with Crippen molar-refractivity contribution in [3.05, 3.63) is 70.1 Å². The van der Waals surface area contributed by atoms with Gasteiger partial charge in [0, 0.05) is 36.6 Å². The summed E-state index contributed by atoms with van der Waals surface area (Å²) in [6, 6.07) is 13.4. The molecule has 0 fully saturated rings. The lowest BCUT2D eigenvalue weighted by Crippen LogP contribution is -2.31. The molecular weight excluding hydrogens is 335 g/mol. The summed E-state index contributed by atoms with van der Waals surface area (Å²) in [6.45, 7) is 4.12. The fraction of sp³-hybridized carbons (Fsp3) is 0.333. The Kier molecular flexibility index (Phi) is 4.30. The van der Waals surface area contributed by atoms with Gasteiger partial charge in [0.25, 0.3) is 0 Å². The molecule has 2 heterocycles. The summed E-state index contributed by atoms with van der Waals surface area (Å²) in [4.78, 5) is 2.39. The van der Waals surface area contributed by atoms with E-state index in [2.05, 4.69) is 29.5 Å². The summed E-state index contributed by atoms with van der Waals surface area (Å²) < 4.78 is 15.8. The maximum absolute atomic E-state index is 13.5. The van der Waals surface area contributed by atoms with Gasteiger partial charge in [-0.3, -0.25) is 4.90 Å². The van der Waals surface area contributed by atoms with E-state index >= 15 is 0 Å². The van der Waals surface area contributed by atoms with Gasteiger partial charge in [0.15, 0.2) is 0 Å². The highest BCUT2D eigenvalue weighted by Crippen LogP contribution is 2.39. The lowest BCUT2D eigenvalue weighted by atomic mass is 9.97. The van der Waals surface area contributed by atoms with Crippen LogP contribution in [0.2, 0.25) is 5.02 Å². The number of rotatable bonds is 3. The SMILES string of the molecule is CC1c2c(n(CCc3cccc(F)c3)c3c(Cl)cccc23)CCN1C. The molecule has 0 N–H and O–H groups in total. The molecule has 2 aromatic carbocycles. The fourth-order valence-electron chi connectivity index (χ4n) is 4.06. The number of hydrogen-bond donors (Lipinski definition) is 0. The van der Waals surface area contributed by atoms with Crippen LogP contribution in [-0.4, -0.2) is 23.1 Å². The highest BCUT2D eigenvalue weighted by Gasteiger charge is 2.28. The zero-order valence-electron chi connectivity index (χ0n) is 14.6. The quantitative estimate of drug-likeness (QED) is 0.624. The van der Waals surface area contributed by atoms with E-state index in [0.717, 1.165) is 42.0 Å². The lowest BCUT2D eigenvalue weighted by molar-refractivity contribution is 0.245. The number of nitrogens with zero attached hydrogens (tertiary/aromatic N) is 2.